The van der Waals surface area contributed by atoms with Crippen LogP contribution in [-0.2, 0) is 16.2 Å². The first-order chi connectivity index (χ1) is 10.7. The fourth-order valence-corrected chi connectivity index (χ4v) is 3.97. The molecule has 1 aromatic rings. The zero-order valence-corrected chi connectivity index (χ0v) is 14.0. The normalized spacial score (nSPS) is 16.9. The first-order valence-electron chi connectivity index (χ1n) is 7.40. The summed E-state index contributed by atoms with van der Waals surface area (Å²) in [5, 5.41) is -0.519. The van der Waals surface area contributed by atoms with Gasteiger partial charge in [0.15, 0.2) is 0 Å². The number of hydrogen-bond acceptors (Lipinski definition) is 2. The number of alkyl halides is 3. The number of hydrogen-bond donors (Lipinski definition) is 2. The van der Waals surface area contributed by atoms with E-state index in [1.54, 1.807) is 0 Å². The van der Waals surface area contributed by atoms with Crippen molar-refractivity contribution in [2.24, 2.45) is 0 Å². The van der Waals surface area contributed by atoms with Gasteiger partial charge in [0.1, 0.15) is 0 Å². The molecule has 0 amide bonds. The minimum absolute atomic E-state index is 0.204. The third-order valence-electron chi connectivity index (χ3n) is 3.86. The van der Waals surface area contributed by atoms with Gasteiger partial charge in [-0.2, -0.15) is 13.2 Å². The second kappa shape index (κ2) is 7.38. The molecule has 2 rings (SSSR count). The van der Waals surface area contributed by atoms with Crippen LogP contribution in [0.3, 0.4) is 0 Å². The second-order valence-electron chi connectivity index (χ2n) is 5.60. The number of halogens is 4. The fourth-order valence-electron chi connectivity index (χ4n) is 2.64. The van der Waals surface area contributed by atoms with Gasteiger partial charge in [-0.3, -0.25) is 0 Å². The Kier molecular flexibility index (Phi) is 5.94. The quantitative estimate of drug-likeness (QED) is 0.748. The van der Waals surface area contributed by atoms with E-state index in [2.05, 4.69) is 4.72 Å². The van der Waals surface area contributed by atoms with Crippen molar-refractivity contribution < 1.29 is 26.5 Å². The van der Waals surface area contributed by atoms with Crippen molar-refractivity contribution in [1.29, 1.82) is 0 Å². The van der Waals surface area contributed by atoms with Crippen molar-refractivity contribution in [2.45, 2.75) is 30.3 Å². The maximum atomic E-state index is 12.8. The average Bonchev–Trinajstić information content (AvgIpc) is 2.96. The smallest absolute Gasteiger partial charge is 0.335 e. The summed E-state index contributed by atoms with van der Waals surface area (Å²) < 4.78 is 64.9. The van der Waals surface area contributed by atoms with E-state index in [9.17, 15) is 21.6 Å². The summed E-state index contributed by atoms with van der Waals surface area (Å²) in [5.41, 5.74) is -1.15. The predicted molar refractivity (Wildman–Crippen MR) is 81.1 cm³/mol. The van der Waals surface area contributed by atoms with Crippen molar-refractivity contribution in [3.8, 4) is 0 Å². The van der Waals surface area contributed by atoms with E-state index < -0.39 is 31.7 Å². The van der Waals surface area contributed by atoms with Crippen LogP contribution in [-0.4, -0.2) is 34.6 Å². The molecule has 0 radical (unpaired) electrons. The Labute approximate surface area is 138 Å². The minimum Gasteiger partial charge on any atom is -0.335 e. The minimum atomic E-state index is -4.69. The number of sulfonamides is 1. The van der Waals surface area contributed by atoms with E-state index in [0.29, 0.717) is 12.5 Å². The molecule has 0 aliphatic carbocycles. The van der Waals surface area contributed by atoms with Gasteiger partial charge in [-0.15, -0.1) is 0 Å². The molecule has 1 saturated heterocycles. The van der Waals surface area contributed by atoms with Gasteiger partial charge in [0, 0.05) is 25.8 Å². The summed E-state index contributed by atoms with van der Waals surface area (Å²) in [6.07, 6.45) is -1.67. The number of nitrogens with one attached hydrogen (secondary N) is 2. The first kappa shape index (κ1) is 18.5. The molecule has 0 bridgehead atoms. The highest BCUT2D eigenvalue weighted by Crippen LogP contribution is 2.35. The third-order valence-corrected chi connectivity index (χ3v) is 5.65. The topological polar surface area (TPSA) is 50.6 Å². The summed E-state index contributed by atoms with van der Waals surface area (Å²) in [7, 11) is -3.97. The van der Waals surface area contributed by atoms with Crippen LogP contribution >= 0.6 is 11.6 Å². The van der Waals surface area contributed by atoms with Crippen LogP contribution in [0.25, 0.3) is 0 Å². The van der Waals surface area contributed by atoms with Gasteiger partial charge in [-0.05, 0) is 18.2 Å². The molecule has 1 aliphatic rings. The molecule has 23 heavy (non-hydrogen) atoms. The van der Waals surface area contributed by atoms with Gasteiger partial charge >= 0.3 is 6.18 Å². The highest BCUT2D eigenvalue weighted by molar-refractivity contribution is 7.89. The van der Waals surface area contributed by atoms with Crippen molar-refractivity contribution in [2.75, 3.05) is 26.2 Å². The maximum Gasteiger partial charge on any atom is 0.417 e. The van der Waals surface area contributed by atoms with E-state index in [0.717, 1.165) is 31.8 Å². The predicted octanol–water partition coefficient (Wildman–Crippen LogP) is 1.71. The van der Waals surface area contributed by atoms with Crippen molar-refractivity contribution >= 4 is 21.6 Å². The lowest BCUT2D eigenvalue weighted by Gasteiger charge is -2.13. The molecule has 1 aromatic carbocycles. The molecule has 4 nitrogen and oxygen atoms in total. The van der Waals surface area contributed by atoms with E-state index >= 15 is 0 Å². The van der Waals surface area contributed by atoms with Crippen LogP contribution in [0.1, 0.15) is 24.8 Å². The van der Waals surface area contributed by atoms with E-state index in [1.807, 2.05) is 0 Å². The van der Waals surface area contributed by atoms with Crippen molar-refractivity contribution in [3.63, 3.8) is 0 Å². The largest absolute Gasteiger partial charge is 0.417 e. The lowest BCUT2D eigenvalue weighted by molar-refractivity contribution is -0.887. The summed E-state index contributed by atoms with van der Waals surface area (Å²) in [4.78, 5) is 1.01. The zero-order chi connectivity index (χ0) is 17.1. The van der Waals surface area contributed by atoms with Gasteiger partial charge in [0.25, 0.3) is 0 Å². The Hall–Kier alpha value is -0.830. The van der Waals surface area contributed by atoms with Crippen LogP contribution in [0.4, 0.5) is 13.2 Å². The van der Waals surface area contributed by atoms with E-state index in [1.165, 1.54) is 17.7 Å². The molecular formula is C14H19ClF3N2O2S+. The SMILES string of the molecule is O=S(=O)(NCCC[NH+]1CCCC1)c1ccc(Cl)c(C(F)(F)F)c1. The van der Waals surface area contributed by atoms with Crippen molar-refractivity contribution in [1.82, 2.24) is 4.72 Å². The lowest BCUT2D eigenvalue weighted by atomic mass is 10.2. The molecule has 0 aromatic heterocycles. The van der Waals surface area contributed by atoms with Gasteiger partial charge in [0.2, 0.25) is 10.0 Å². The molecule has 0 saturated carbocycles. The first-order valence-corrected chi connectivity index (χ1v) is 9.26. The summed E-state index contributed by atoms with van der Waals surface area (Å²) >= 11 is 5.49. The van der Waals surface area contributed by atoms with Crippen molar-refractivity contribution in [3.05, 3.63) is 28.8 Å². The zero-order valence-electron chi connectivity index (χ0n) is 12.4. The number of quaternary nitrogens is 1. The molecule has 1 aliphatic heterocycles. The Bertz CT molecular complexity index is 644. The fraction of sp³-hybridized carbons (Fsp3) is 0.571. The molecule has 1 fully saturated rings. The number of likely N-dealkylation sites (tertiary alicyclic amines) is 1. The summed E-state index contributed by atoms with van der Waals surface area (Å²) in [5.74, 6) is 0. The summed E-state index contributed by atoms with van der Waals surface area (Å²) in [6, 6.07) is 2.59. The second-order valence-corrected chi connectivity index (χ2v) is 7.77. The summed E-state index contributed by atoms with van der Waals surface area (Å²) in [6.45, 7) is 3.25. The molecule has 1 heterocycles. The maximum absolute atomic E-state index is 12.8. The molecule has 0 spiro atoms. The molecular weight excluding hydrogens is 353 g/mol. The van der Waals surface area contributed by atoms with Gasteiger partial charge in [0.05, 0.1) is 35.1 Å². The van der Waals surface area contributed by atoms with Crippen LogP contribution in [0, 0.1) is 0 Å². The average molecular weight is 372 g/mol. The molecule has 130 valence electrons. The lowest BCUT2D eigenvalue weighted by Crippen LogP contribution is -3.10. The van der Waals surface area contributed by atoms with E-state index in [-0.39, 0.29) is 6.54 Å². The Morgan fingerprint density at radius 3 is 2.48 bits per heavy atom. The molecule has 2 N–H and O–H groups in total. The van der Waals surface area contributed by atoms with E-state index in [4.69, 9.17) is 11.6 Å². The number of benzene rings is 1. The van der Waals surface area contributed by atoms with Crippen LogP contribution in [0.2, 0.25) is 5.02 Å². The molecule has 0 unspecified atom stereocenters. The van der Waals surface area contributed by atoms with Gasteiger partial charge in [-0.1, -0.05) is 11.6 Å². The monoisotopic (exact) mass is 371 g/mol. The Morgan fingerprint density at radius 2 is 1.87 bits per heavy atom. The Balaban J connectivity index is 1.98. The van der Waals surface area contributed by atoms with Gasteiger partial charge < -0.3 is 4.90 Å². The highest BCUT2D eigenvalue weighted by Gasteiger charge is 2.34. The number of rotatable bonds is 6. The van der Waals surface area contributed by atoms with Crippen LogP contribution in [0.5, 0.6) is 0 Å². The van der Waals surface area contributed by atoms with Crippen LogP contribution < -0.4 is 9.62 Å². The Morgan fingerprint density at radius 1 is 1.22 bits per heavy atom. The third kappa shape index (κ3) is 5.07. The molecule has 0 atom stereocenters. The standard InChI is InChI=1S/C14H18ClF3N2O2S/c15-13-5-4-11(10-12(13)14(16,17)18)23(21,22)19-6-3-9-20-7-1-2-8-20/h4-5,10,19H,1-3,6-9H2/p+1. The highest BCUT2D eigenvalue weighted by atomic mass is 35.5. The molecule has 9 heteroatoms. The van der Waals surface area contributed by atoms with Crippen LogP contribution in [0.15, 0.2) is 23.1 Å². The van der Waals surface area contributed by atoms with Gasteiger partial charge in [-0.25, -0.2) is 13.1 Å².